The number of nitrogens with one attached hydrogen (secondary N) is 2. The van der Waals surface area contributed by atoms with Crippen LogP contribution in [0.1, 0.15) is 0 Å². The van der Waals surface area contributed by atoms with E-state index >= 15 is 0 Å². The lowest BCUT2D eigenvalue weighted by atomic mass is 10.3. The maximum Gasteiger partial charge on any atom is 0.239 e. The van der Waals surface area contributed by atoms with Crippen LogP contribution in [0.4, 0.5) is 11.8 Å². The number of hydrogen-bond acceptors (Lipinski definition) is 4. The van der Waals surface area contributed by atoms with Gasteiger partial charge in [0.05, 0.1) is 11.9 Å². The Kier molecular flexibility index (Phi) is 1.25. The van der Waals surface area contributed by atoms with Crippen molar-refractivity contribution in [2.45, 2.75) is 0 Å². The second kappa shape index (κ2) is 2.41. The molecule has 5 heteroatoms. The summed E-state index contributed by atoms with van der Waals surface area (Å²) >= 11 is 0. The number of anilines is 1. The van der Waals surface area contributed by atoms with Crippen LogP contribution in [-0.2, 0) is 0 Å². The molecule has 2 aromatic rings. The molecule has 0 atom stereocenters. The summed E-state index contributed by atoms with van der Waals surface area (Å²) < 4.78 is 1.87. The summed E-state index contributed by atoms with van der Waals surface area (Å²) in [5, 5.41) is 10.5. The third kappa shape index (κ3) is 0.861. The molecule has 68 valence electrons. The first-order chi connectivity index (χ1) is 6.84. The standard InChI is InChI=1S/C9H7N5/c10-7-4-6-2-1-3-8-11-5-12-9(13-7)14(6)8/h1-5H,(H2,10,11,12,13). The molecule has 1 aliphatic heterocycles. The lowest BCUT2D eigenvalue weighted by molar-refractivity contribution is 0.986. The van der Waals surface area contributed by atoms with Crippen molar-refractivity contribution in [3.05, 3.63) is 29.8 Å². The molecular weight excluding hydrogens is 178 g/mol. The average molecular weight is 185 g/mol. The zero-order valence-electron chi connectivity index (χ0n) is 7.23. The van der Waals surface area contributed by atoms with Crippen LogP contribution in [-0.4, -0.2) is 15.7 Å². The summed E-state index contributed by atoms with van der Waals surface area (Å²) in [4.78, 5) is 8.09. The third-order valence-corrected chi connectivity index (χ3v) is 2.12. The van der Waals surface area contributed by atoms with Crippen molar-refractivity contribution in [3.63, 3.8) is 0 Å². The molecule has 0 saturated heterocycles. The van der Waals surface area contributed by atoms with E-state index in [0.717, 1.165) is 11.3 Å². The summed E-state index contributed by atoms with van der Waals surface area (Å²) in [5.41, 5.74) is 1.15. The van der Waals surface area contributed by atoms with Crippen LogP contribution >= 0.6 is 0 Å². The summed E-state index contributed by atoms with van der Waals surface area (Å²) in [6.07, 6.45) is 1.58. The van der Waals surface area contributed by atoms with E-state index < -0.39 is 0 Å². The monoisotopic (exact) mass is 185 g/mol. The Bertz CT molecular complexity index is 596. The van der Waals surface area contributed by atoms with Crippen molar-refractivity contribution in [2.24, 2.45) is 4.99 Å². The van der Waals surface area contributed by atoms with Crippen molar-refractivity contribution in [1.29, 1.82) is 5.41 Å². The van der Waals surface area contributed by atoms with E-state index in [4.69, 9.17) is 5.41 Å². The van der Waals surface area contributed by atoms with Gasteiger partial charge in [0.15, 0.2) is 5.49 Å². The van der Waals surface area contributed by atoms with Crippen LogP contribution in [0, 0.1) is 5.41 Å². The molecular formula is C9H7N5. The first-order valence-electron chi connectivity index (χ1n) is 4.21. The van der Waals surface area contributed by atoms with Gasteiger partial charge >= 0.3 is 0 Å². The van der Waals surface area contributed by atoms with Crippen molar-refractivity contribution in [1.82, 2.24) is 9.38 Å². The Morgan fingerprint density at radius 1 is 1.36 bits per heavy atom. The smallest absolute Gasteiger partial charge is 0.239 e. The number of aliphatic imine (C=N–C) groups is 1. The highest BCUT2D eigenvalue weighted by atomic mass is 15.2. The minimum absolute atomic E-state index is 0.233. The molecule has 0 spiro atoms. The predicted molar refractivity (Wildman–Crippen MR) is 52.8 cm³/mol. The maximum absolute atomic E-state index is 7.50. The number of aromatic nitrogens is 2. The Balaban J connectivity index is 2.60. The molecule has 2 aromatic heterocycles. The van der Waals surface area contributed by atoms with Crippen molar-refractivity contribution < 1.29 is 0 Å². The Hall–Kier alpha value is -2.17. The van der Waals surface area contributed by atoms with Crippen LogP contribution in [0.15, 0.2) is 29.3 Å². The normalized spacial score (nSPS) is 12.9. The molecule has 3 rings (SSSR count). The quantitative estimate of drug-likeness (QED) is 0.640. The summed E-state index contributed by atoms with van der Waals surface area (Å²) in [5.74, 6) is 1.46. The van der Waals surface area contributed by atoms with E-state index in [2.05, 4.69) is 15.3 Å². The van der Waals surface area contributed by atoms with Crippen molar-refractivity contribution >= 4 is 23.6 Å². The maximum atomic E-state index is 7.50. The fourth-order valence-electron chi connectivity index (χ4n) is 1.55. The number of pyridine rings is 1. The number of rotatable bonds is 0. The molecule has 0 bridgehead atoms. The van der Waals surface area contributed by atoms with Gasteiger partial charge in [0.1, 0.15) is 5.82 Å². The highest BCUT2D eigenvalue weighted by Crippen LogP contribution is 2.19. The van der Waals surface area contributed by atoms with Crippen molar-refractivity contribution in [2.75, 3.05) is 5.32 Å². The molecule has 0 unspecified atom stereocenters. The van der Waals surface area contributed by atoms with Gasteiger partial charge in [-0.1, -0.05) is 6.07 Å². The zero-order chi connectivity index (χ0) is 9.54. The van der Waals surface area contributed by atoms with Gasteiger partial charge in [-0.15, -0.1) is 0 Å². The van der Waals surface area contributed by atoms with Gasteiger partial charge in [-0.2, -0.15) is 4.98 Å². The highest BCUT2D eigenvalue weighted by Gasteiger charge is 2.07. The number of hydrogen-bond donors (Lipinski definition) is 2. The van der Waals surface area contributed by atoms with Crippen LogP contribution in [0.3, 0.4) is 0 Å². The Morgan fingerprint density at radius 2 is 2.29 bits per heavy atom. The lowest BCUT2D eigenvalue weighted by Crippen LogP contribution is -2.14. The third-order valence-electron chi connectivity index (χ3n) is 2.12. The second-order valence-electron chi connectivity index (χ2n) is 3.02. The van der Waals surface area contributed by atoms with E-state index in [1.165, 1.54) is 0 Å². The molecule has 3 heterocycles. The zero-order valence-corrected chi connectivity index (χ0v) is 7.23. The fraction of sp³-hybridized carbons (Fsp3) is 0. The Labute approximate surface area is 79.3 Å². The van der Waals surface area contributed by atoms with Crippen LogP contribution < -0.4 is 10.8 Å². The second-order valence-corrected chi connectivity index (χ2v) is 3.02. The molecule has 0 aliphatic carbocycles. The van der Waals surface area contributed by atoms with E-state index in [1.54, 1.807) is 12.4 Å². The molecule has 1 aliphatic rings. The van der Waals surface area contributed by atoms with E-state index in [1.807, 2.05) is 22.6 Å². The van der Waals surface area contributed by atoms with E-state index in [0.29, 0.717) is 5.95 Å². The average Bonchev–Trinajstić information content (AvgIpc) is 2.18. The fourth-order valence-corrected chi connectivity index (χ4v) is 1.55. The minimum atomic E-state index is 0.233. The Morgan fingerprint density at radius 3 is 3.21 bits per heavy atom. The lowest BCUT2D eigenvalue weighted by Gasteiger charge is -2.13. The first-order valence-corrected chi connectivity index (χ1v) is 4.21. The SMILES string of the molecule is N=c1cc2cccc3n2c(n1)N=CN3. The molecule has 0 radical (unpaired) electrons. The molecule has 0 amide bonds. The van der Waals surface area contributed by atoms with Gasteiger partial charge in [-0.3, -0.25) is 9.81 Å². The topological polar surface area (TPSA) is 65.5 Å². The van der Waals surface area contributed by atoms with Gasteiger partial charge in [0, 0.05) is 6.07 Å². The van der Waals surface area contributed by atoms with E-state index in [-0.39, 0.29) is 5.49 Å². The van der Waals surface area contributed by atoms with Gasteiger partial charge in [-0.25, -0.2) is 4.99 Å². The number of nitrogens with zero attached hydrogens (tertiary/aromatic N) is 3. The molecule has 2 N–H and O–H groups in total. The molecule has 14 heavy (non-hydrogen) atoms. The predicted octanol–water partition coefficient (Wildman–Crippen LogP) is 0.899. The van der Waals surface area contributed by atoms with Gasteiger partial charge in [-0.05, 0) is 12.1 Å². The van der Waals surface area contributed by atoms with Crippen molar-refractivity contribution in [3.8, 4) is 0 Å². The minimum Gasteiger partial charge on any atom is -0.332 e. The summed E-state index contributed by atoms with van der Waals surface area (Å²) in [6, 6.07) is 7.50. The van der Waals surface area contributed by atoms with E-state index in [9.17, 15) is 0 Å². The van der Waals surface area contributed by atoms with Gasteiger partial charge in [0.2, 0.25) is 5.95 Å². The first kappa shape index (κ1) is 7.25. The largest absolute Gasteiger partial charge is 0.332 e. The molecule has 5 nitrogen and oxygen atoms in total. The van der Waals surface area contributed by atoms with Crippen LogP contribution in [0.25, 0.3) is 5.52 Å². The highest BCUT2D eigenvalue weighted by molar-refractivity contribution is 5.80. The van der Waals surface area contributed by atoms with Crippen LogP contribution in [0.5, 0.6) is 0 Å². The van der Waals surface area contributed by atoms with Gasteiger partial charge < -0.3 is 5.32 Å². The molecule has 0 saturated carbocycles. The molecule has 0 fully saturated rings. The van der Waals surface area contributed by atoms with Gasteiger partial charge in [0.25, 0.3) is 0 Å². The molecule has 0 aromatic carbocycles. The summed E-state index contributed by atoms with van der Waals surface area (Å²) in [6.45, 7) is 0. The summed E-state index contributed by atoms with van der Waals surface area (Å²) in [7, 11) is 0. The van der Waals surface area contributed by atoms with Crippen LogP contribution in [0.2, 0.25) is 0 Å².